The summed E-state index contributed by atoms with van der Waals surface area (Å²) in [6.07, 6.45) is 3.52. The van der Waals surface area contributed by atoms with Crippen LogP contribution in [0.3, 0.4) is 0 Å². The van der Waals surface area contributed by atoms with E-state index in [1.807, 2.05) is 0 Å². The summed E-state index contributed by atoms with van der Waals surface area (Å²) in [5.41, 5.74) is 0. The van der Waals surface area contributed by atoms with Gasteiger partial charge in [0.15, 0.2) is 0 Å². The fourth-order valence-electron chi connectivity index (χ4n) is 2.73. The highest BCUT2D eigenvalue weighted by molar-refractivity contribution is 6.70. The van der Waals surface area contributed by atoms with E-state index in [2.05, 4.69) is 27.7 Å². The maximum atomic E-state index is 6.07. The van der Waals surface area contributed by atoms with Crippen LogP contribution in [0.4, 0.5) is 0 Å². The van der Waals surface area contributed by atoms with Crippen molar-refractivity contribution >= 4 is 8.56 Å². The zero-order valence-corrected chi connectivity index (χ0v) is 12.2. The van der Waals surface area contributed by atoms with E-state index >= 15 is 0 Å². The number of hydrogen-bond acceptors (Lipinski definition) is 3. The van der Waals surface area contributed by atoms with Gasteiger partial charge in [-0.15, -0.1) is 0 Å². The molecule has 0 saturated carbocycles. The molecule has 1 aliphatic heterocycles. The van der Waals surface area contributed by atoms with Crippen molar-refractivity contribution in [3.8, 4) is 0 Å². The molecule has 0 aromatic carbocycles. The van der Waals surface area contributed by atoms with Crippen LogP contribution in [-0.4, -0.2) is 33.6 Å². The Morgan fingerprint density at radius 2 is 1.62 bits per heavy atom. The molecule has 0 radical (unpaired) electrons. The van der Waals surface area contributed by atoms with E-state index in [1.54, 1.807) is 0 Å². The Kier molecular flexibility index (Phi) is 5.44. The summed E-state index contributed by atoms with van der Waals surface area (Å²) in [4.78, 5) is 0. The molecule has 1 fully saturated rings. The summed E-state index contributed by atoms with van der Waals surface area (Å²) in [5.74, 6) is 0. The van der Waals surface area contributed by atoms with Gasteiger partial charge in [-0.25, -0.2) is 0 Å². The second-order valence-electron chi connectivity index (χ2n) is 4.49. The molecule has 3 nitrogen and oxygen atoms in total. The van der Waals surface area contributed by atoms with Gasteiger partial charge in [0.25, 0.3) is 0 Å². The first-order chi connectivity index (χ1) is 7.64. The van der Waals surface area contributed by atoms with E-state index in [0.29, 0.717) is 0 Å². The summed E-state index contributed by atoms with van der Waals surface area (Å²) in [6.45, 7) is 10.5. The minimum absolute atomic E-state index is 0.161. The second kappa shape index (κ2) is 6.14. The zero-order valence-electron chi connectivity index (χ0n) is 11.2. The van der Waals surface area contributed by atoms with Crippen molar-refractivity contribution in [1.82, 2.24) is 0 Å². The molecule has 0 bridgehead atoms. The van der Waals surface area contributed by atoms with Crippen LogP contribution in [0, 0.1) is 0 Å². The fourth-order valence-corrected chi connectivity index (χ4v) is 6.81. The first-order valence-corrected chi connectivity index (χ1v) is 8.58. The summed E-state index contributed by atoms with van der Waals surface area (Å²) in [6, 6.07) is 1.07. The third kappa shape index (κ3) is 2.67. The Balaban J connectivity index is 2.88. The lowest BCUT2D eigenvalue weighted by molar-refractivity contribution is -0.0284. The molecule has 0 aromatic heterocycles. The zero-order chi connectivity index (χ0) is 12.1. The van der Waals surface area contributed by atoms with Crippen molar-refractivity contribution in [3.63, 3.8) is 0 Å². The van der Waals surface area contributed by atoms with Crippen LogP contribution in [-0.2, 0) is 13.6 Å². The van der Waals surface area contributed by atoms with Gasteiger partial charge < -0.3 is 13.6 Å². The first-order valence-electron chi connectivity index (χ1n) is 6.56. The van der Waals surface area contributed by atoms with Gasteiger partial charge >= 0.3 is 8.56 Å². The molecule has 16 heavy (non-hydrogen) atoms. The van der Waals surface area contributed by atoms with Gasteiger partial charge in [-0.2, -0.15) is 0 Å². The van der Waals surface area contributed by atoms with Crippen molar-refractivity contribution in [1.29, 1.82) is 0 Å². The minimum atomic E-state index is -2.18. The average Bonchev–Trinajstić information content (AvgIpc) is 2.24. The van der Waals surface area contributed by atoms with E-state index in [-0.39, 0.29) is 5.22 Å². The first kappa shape index (κ1) is 14.2. The standard InChI is InChI=1S/C12H26O3Si/c1-5-13-12(4)10-8-9-11-16(12,14-6-2)15-7-3/h5-11H2,1-4H3. The van der Waals surface area contributed by atoms with Crippen molar-refractivity contribution in [3.05, 3.63) is 0 Å². The van der Waals surface area contributed by atoms with Gasteiger partial charge in [0.1, 0.15) is 5.22 Å². The maximum Gasteiger partial charge on any atom is 0.370 e. The highest BCUT2D eigenvalue weighted by Gasteiger charge is 2.57. The van der Waals surface area contributed by atoms with Crippen LogP contribution in [0.2, 0.25) is 6.04 Å². The van der Waals surface area contributed by atoms with Gasteiger partial charge in [-0.1, -0.05) is 12.8 Å². The average molecular weight is 246 g/mol. The normalized spacial score (nSPS) is 29.2. The van der Waals surface area contributed by atoms with Crippen molar-refractivity contribution in [2.75, 3.05) is 19.8 Å². The molecule has 0 amide bonds. The Bertz CT molecular complexity index is 195. The Hall–Kier alpha value is 0.0969. The quantitative estimate of drug-likeness (QED) is 0.674. The van der Waals surface area contributed by atoms with Gasteiger partial charge in [-0.3, -0.25) is 0 Å². The number of ether oxygens (including phenoxy) is 1. The molecule has 1 saturated heterocycles. The molecule has 96 valence electrons. The third-order valence-corrected chi connectivity index (χ3v) is 7.96. The van der Waals surface area contributed by atoms with Gasteiger partial charge in [0, 0.05) is 19.8 Å². The van der Waals surface area contributed by atoms with Gasteiger partial charge in [0.2, 0.25) is 0 Å². The smallest absolute Gasteiger partial charge is 0.370 e. The predicted octanol–water partition coefficient (Wildman–Crippen LogP) is 3.02. The van der Waals surface area contributed by atoms with Crippen molar-refractivity contribution < 1.29 is 13.6 Å². The van der Waals surface area contributed by atoms with Crippen molar-refractivity contribution in [2.24, 2.45) is 0 Å². The molecule has 1 heterocycles. The van der Waals surface area contributed by atoms with Crippen molar-refractivity contribution in [2.45, 2.75) is 58.2 Å². The molecule has 0 aliphatic carbocycles. The fraction of sp³-hybridized carbons (Fsp3) is 1.00. The lowest BCUT2D eigenvalue weighted by Crippen LogP contribution is -2.64. The van der Waals surface area contributed by atoms with Gasteiger partial charge in [0.05, 0.1) is 0 Å². The summed E-state index contributed by atoms with van der Waals surface area (Å²) in [7, 11) is -2.18. The second-order valence-corrected chi connectivity index (χ2v) is 8.13. The van der Waals surface area contributed by atoms with Crippen LogP contribution in [0.1, 0.15) is 47.0 Å². The maximum absolute atomic E-state index is 6.07. The minimum Gasteiger partial charge on any atom is -0.393 e. The summed E-state index contributed by atoms with van der Waals surface area (Å²) < 4.78 is 18.1. The highest BCUT2D eigenvalue weighted by atomic mass is 28.4. The monoisotopic (exact) mass is 246 g/mol. The molecular formula is C12H26O3Si. The van der Waals surface area contributed by atoms with Crippen LogP contribution in [0.25, 0.3) is 0 Å². The molecule has 4 heteroatoms. The Morgan fingerprint density at radius 1 is 1.00 bits per heavy atom. The summed E-state index contributed by atoms with van der Waals surface area (Å²) in [5, 5.41) is -0.161. The predicted molar refractivity (Wildman–Crippen MR) is 67.7 cm³/mol. The van der Waals surface area contributed by atoms with E-state index in [1.165, 1.54) is 12.8 Å². The Morgan fingerprint density at radius 3 is 2.12 bits per heavy atom. The number of hydrogen-bond donors (Lipinski definition) is 0. The third-order valence-electron chi connectivity index (χ3n) is 3.43. The van der Waals surface area contributed by atoms with Crippen LogP contribution < -0.4 is 0 Å². The van der Waals surface area contributed by atoms with Crippen LogP contribution >= 0.6 is 0 Å². The van der Waals surface area contributed by atoms with Crippen LogP contribution in [0.5, 0.6) is 0 Å². The highest BCUT2D eigenvalue weighted by Crippen LogP contribution is 2.40. The molecule has 0 aromatic rings. The van der Waals surface area contributed by atoms with Gasteiger partial charge in [-0.05, 0) is 40.2 Å². The molecule has 1 aliphatic rings. The topological polar surface area (TPSA) is 27.7 Å². The molecule has 0 spiro atoms. The van der Waals surface area contributed by atoms with Crippen LogP contribution in [0.15, 0.2) is 0 Å². The lowest BCUT2D eigenvalue weighted by atomic mass is 10.1. The molecular weight excluding hydrogens is 220 g/mol. The SMILES string of the molecule is CCOC1(C)CCCC[Si]1(OCC)OCC. The Labute approximate surface area is 101 Å². The molecule has 0 N–H and O–H groups in total. The molecule has 1 rings (SSSR count). The molecule has 1 atom stereocenters. The van der Waals surface area contributed by atoms with E-state index in [9.17, 15) is 0 Å². The molecule has 1 unspecified atom stereocenters. The number of rotatable bonds is 6. The lowest BCUT2D eigenvalue weighted by Gasteiger charge is -2.47. The van der Waals surface area contributed by atoms with E-state index < -0.39 is 8.56 Å². The summed E-state index contributed by atoms with van der Waals surface area (Å²) >= 11 is 0. The largest absolute Gasteiger partial charge is 0.393 e. The van der Waals surface area contributed by atoms with E-state index in [4.69, 9.17) is 13.6 Å². The van der Waals surface area contributed by atoms with E-state index in [0.717, 1.165) is 32.3 Å².